The van der Waals surface area contributed by atoms with E-state index in [1.165, 1.54) is 26.1 Å². The summed E-state index contributed by atoms with van der Waals surface area (Å²) in [4.78, 5) is 10.9. The van der Waals surface area contributed by atoms with Crippen LogP contribution < -0.4 is 4.72 Å². The molecule has 2 N–H and O–H groups in total. The van der Waals surface area contributed by atoms with Gasteiger partial charge in [0.25, 0.3) is 0 Å². The van der Waals surface area contributed by atoms with Gasteiger partial charge in [0, 0.05) is 5.57 Å². The van der Waals surface area contributed by atoms with E-state index >= 15 is 0 Å². The summed E-state index contributed by atoms with van der Waals surface area (Å²) in [7, 11) is -2.20. The largest absolute Gasteiger partial charge is 0.478 e. The molecule has 0 aliphatic carbocycles. The Labute approximate surface area is 106 Å². The Bertz CT molecular complexity index is 603. The molecule has 0 aromatic heterocycles. The molecule has 1 aromatic carbocycles. The normalized spacial score (nSPS) is 12.5. The number of carbonyl (C=O) groups is 1. The molecule has 5 nitrogen and oxygen atoms in total. The van der Waals surface area contributed by atoms with Crippen molar-refractivity contribution >= 4 is 22.1 Å². The van der Waals surface area contributed by atoms with Crippen LogP contribution in [-0.2, 0) is 14.8 Å². The van der Waals surface area contributed by atoms with Crippen LogP contribution in [0.4, 0.5) is 0 Å². The van der Waals surface area contributed by atoms with E-state index in [2.05, 4.69) is 4.72 Å². The molecule has 0 fully saturated rings. The molecule has 98 valence electrons. The van der Waals surface area contributed by atoms with E-state index in [9.17, 15) is 13.2 Å². The molecule has 0 spiro atoms. The van der Waals surface area contributed by atoms with Crippen LogP contribution >= 0.6 is 0 Å². The summed E-state index contributed by atoms with van der Waals surface area (Å²) in [5, 5.41) is 8.77. The minimum atomic E-state index is -3.53. The van der Waals surface area contributed by atoms with E-state index < -0.39 is 16.0 Å². The van der Waals surface area contributed by atoms with Gasteiger partial charge < -0.3 is 5.11 Å². The van der Waals surface area contributed by atoms with Crippen molar-refractivity contribution < 1.29 is 18.3 Å². The topological polar surface area (TPSA) is 83.5 Å². The van der Waals surface area contributed by atoms with Gasteiger partial charge in [0.2, 0.25) is 10.0 Å². The number of rotatable bonds is 4. The van der Waals surface area contributed by atoms with Gasteiger partial charge in [-0.25, -0.2) is 17.9 Å². The second-order valence-electron chi connectivity index (χ2n) is 3.86. The van der Waals surface area contributed by atoms with Crippen molar-refractivity contribution in [2.45, 2.75) is 18.7 Å². The SMILES string of the molecule is CNS(=O)(=O)c1cc(/C=C(\C)C(=O)O)ccc1C. The Morgan fingerprint density at radius 1 is 1.39 bits per heavy atom. The van der Waals surface area contributed by atoms with Crippen molar-refractivity contribution in [2.75, 3.05) is 7.05 Å². The first-order valence-corrected chi connectivity index (χ1v) is 6.72. The fourth-order valence-electron chi connectivity index (χ4n) is 1.42. The second kappa shape index (κ2) is 5.32. The molecule has 0 aliphatic heterocycles. The Hall–Kier alpha value is -1.66. The van der Waals surface area contributed by atoms with Crippen LogP contribution in [0.5, 0.6) is 0 Å². The Morgan fingerprint density at radius 2 is 2.00 bits per heavy atom. The molecule has 0 atom stereocenters. The van der Waals surface area contributed by atoms with Crippen LogP contribution in [0.25, 0.3) is 6.08 Å². The summed E-state index contributed by atoms with van der Waals surface area (Å²) in [5.41, 5.74) is 1.29. The van der Waals surface area contributed by atoms with Crippen LogP contribution in [0.3, 0.4) is 0 Å². The fraction of sp³-hybridized carbons (Fsp3) is 0.250. The summed E-state index contributed by atoms with van der Waals surface area (Å²) < 4.78 is 25.7. The highest BCUT2D eigenvalue weighted by molar-refractivity contribution is 7.89. The van der Waals surface area contributed by atoms with Crippen molar-refractivity contribution in [3.8, 4) is 0 Å². The molecule has 0 unspecified atom stereocenters. The van der Waals surface area contributed by atoms with Gasteiger partial charge in [0.15, 0.2) is 0 Å². The average Bonchev–Trinajstić information content (AvgIpc) is 2.31. The van der Waals surface area contributed by atoms with Gasteiger partial charge in [-0.3, -0.25) is 0 Å². The number of carboxylic acids is 1. The van der Waals surface area contributed by atoms with E-state index in [-0.39, 0.29) is 10.5 Å². The number of benzene rings is 1. The van der Waals surface area contributed by atoms with E-state index in [0.29, 0.717) is 11.1 Å². The Balaban J connectivity index is 3.34. The van der Waals surface area contributed by atoms with Gasteiger partial charge >= 0.3 is 5.97 Å². The number of hydrogen-bond donors (Lipinski definition) is 2. The van der Waals surface area contributed by atoms with E-state index in [1.54, 1.807) is 19.1 Å². The smallest absolute Gasteiger partial charge is 0.331 e. The van der Waals surface area contributed by atoms with Crippen LogP contribution in [0.1, 0.15) is 18.1 Å². The first-order valence-electron chi connectivity index (χ1n) is 5.23. The number of carboxylic acid groups (broad SMARTS) is 1. The molecule has 6 heteroatoms. The van der Waals surface area contributed by atoms with Gasteiger partial charge in [-0.2, -0.15) is 0 Å². The first kappa shape index (κ1) is 14.4. The highest BCUT2D eigenvalue weighted by Crippen LogP contribution is 2.18. The lowest BCUT2D eigenvalue weighted by molar-refractivity contribution is -0.132. The van der Waals surface area contributed by atoms with E-state index in [1.807, 2.05) is 0 Å². The third kappa shape index (κ3) is 3.18. The maximum Gasteiger partial charge on any atom is 0.331 e. The molecule has 1 rings (SSSR count). The minimum absolute atomic E-state index is 0.145. The molecule has 0 saturated carbocycles. The van der Waals surface area contributed by atoms with Gasteiger partial charge in [-0.15, -0.1) is 0 Å². The fourth-order valence-corrected chi connectivity index (χ4v) is 2.42. The molecule has 1 aromatic rings. The van der Waals surface area contributed by atoms with Crippen molar-refractivity contribution in [2.24, 2.45) is 0 Å². The van der Waals surface area contributed by atoms with Gasteiger partial charge in [-0.05, 0) is 44.2 Å². The van der Waals surface area contributed by atoms with E-state index in [4.69, 9.17) is 5.11 Å². The molecular weight excluding hydrogens is 254 g/mol. The first-order chi connectivity index (χ1) is 8.27. The van der Waals surface area contributed by atoms with Crippen molar-refractivity contribution in [1.82, 2.24) is 4.72 Å². The standard InChI is InChI=1S/C12H15NO4S/c1-8-4-5-10(6-9(2)12(14)15)7-11(8)18(16,17)13-3/h4-7,13H,1-3H3,(H,14,15)/b9-6+. The van der Waals surface area contributed by atoms with Crippen molar-refractivity contribution in [1.29, 1.82) is 0 Å². The van der Waals surface area contributed by atoms with Crippen LogP contribution in [-0.4, -0.2) is 26.5 Å². The monoisotopic (exact) mass is 269 g/mol. The second-order valence-corrected chi connectivity index (χ2v) is 5.72. The molecular formula is C12H15NO4S. The Kier molecular flexibility index (Phi) is 4.26. The summed E-state index contributed by atoms with van der Waals surface area (Å²) >= 11 is 0. The van der Waals surface area contributed by atoms with Gasteiger partial charge in [-0.1, -0.05) is 12.1 Å². The Morgan fingerprint density at radius 3 is 2.50 bits per heavy atom. The molecule has 0 bridgehead atoms. The van der Waals surface area contributed by atoms with Crippen LogP contribution in [0, 0.1) is 6.92 Å². The lowest BCUT2D eigenvalue weighted by atomic mass is 10.1. The molecule has 0 radical (unpaired) electrons. The number of sulfonamides is 1. The lowest BCUT2D eigenvalue weighted by Gasteiger charge is -2.07. The van der Waals surface area contributed by atoms with Crippen molar-refractivity contribution in [3.63, 3.8) is 0 Å². The summed E-state index contributed by atoms with van der Waals surface area (Å²) in [6.45, 7) is 3.14. The lowest BCUT2D eigenvalue weighted by Crippen LogP contribution is -2.19. The maximum absolute atomic E-state index is 11.7. The zero-order chi connectivity index (χ0) is 13.9. The minimum Gasteiger partial charge on any atom is -0.478 e. The number of nitrogens with one attached hydrogen (secondary N) is 1. The maximum atomic E-state index is 11.7. The predicted molar refractivity (Wildman–Crippen MR) is 68.7 cm³/mol. The molecule has 0 saturated heterocycles. The zero-order valence-electron chi connectivity index (χ0n) is 10.4. The summed E-state index contributed by atoms with van der Waals surface area (Å²) in [6.07, 6.45) is 1.43. The third-order valence-corrected chi connectivity index (χ3v) is 4.05. The molecule has 0 aliphatic rings. The number of aryl methyl sites for hydroxylation is 1. The highest BCUT2D eigenvalue weighted by atomic mass is 32.2. The van der Waals surface area contributed by atoms with Crippen molar-refractivity contribution in [3.05, 3.63) is 34.9 Å². The van der Waals surface area contributed by atoms with Gasteiger partial charge in [0.1, 0.15) is 0 Å². The van der Waals surface area contributed by atoms with Gasteiger partial charge in [0.05, 0.1) is 4.90 Å². The summed E-state index contributed by atoms with van der Waals surface area (Å²) in [6, 6.07) is 4.77. The summed E-state index contributed by atoms with van der Waals surface area (Å²) in [5.74, 6) is -1.03. The van der Waals surface area contributed by atoms with Crippen LogP contribution in [0.2, 0.25) is 0 Å². The zero-order valence-corrected chi connectivity index (χ0v) is 11.2. The number of hydrogen-bond acceptors (Lipinski definition) is 3. The predicted octanol–water partition coefficient (Wildman–Crippen LogP) is 1.39. The highest BCUT2D eigenvalue weighted by Gasteiger charge is 2.14. The third-order valence-electron chi connectivity index (χ3n) is 2.49. The molecule has 0 amide bonds. The molecule has 0 heterocycles. The molecule has 18 heavy (non-hydrogen) atoms. The van der Waals surface area contributed by atoms with E-state index in [0.717, 1.165) is 0 Å². The average molecular weight is 269 g/mol. The quantitative estimate of drug-likeness (QED) is 0.809. The number of aliphatic carboxylic acids is 1. The van der Waals surface area contributed by atoms with Crippen LogP contribution in [0.15, 0.2) is 28.7 Å².